The number of hydrogen-bond donors (Lipinski definition) is 8. The molecular weight excluding hydrogens is 707 g/mol. The van der Waals surface area contributed by atoms with E-state index in [1.54, 1.807) is 12.1 Å². The first-order chi connectivity index (χ1) is 17.5. The molecule has 1 atom stereocenters. The van der Waals surface area contributed by atoms with Crippen LogP contribution in [0.4, 0.5) is 11.6 Å². The van der Waals surface area contributed by atoms with E-state index in [4.69, 9.17) is 21.1 Å². The smallest absolute Gasteiger partial charge is 0.326 e. The van der Waals surface area contributed by atoms with Crippen molar-refractivity contribution in [3.63, 3.8) is 0 Å². The summed E-state index contributed by atoms with van der Waals surface area (Å²) in [6, 6.07) is 4.86. The number of nitrogens with one attached hydrogen (secondary N) is 3. The maximum absolute atomic E-state index is 12.3. The van der Waals surface area contributed by atoms with Crippen molar-refractivity contribution >= 4 is 59.2 Å². The van der Waals surface area contributed by atoms with Crippen LogP contribution >= 0.6 is 12.6 Å². The zero-order valence-corrected chi connectivity index (χ0v) is 22.4. The van der Waals surface area contributed by atoms with Crippen LogP contribution in [0.15, 0.2) is 35.3 Å². The largest absolute Gasteiger partial charge is 0.481 e. The number of fused-ring (bicyclic) bond motifs is 1. The van der Waals surface area contributed by atoms with E-state index in [-0.39, 0.29) is 70.2 Å². The Morgan fingerprint density at radius 3 is 2.24 bits per heavy atom. The average molecular weight is 730 g/mol. The number of aromatic amines is 1. The second kappa shape index (κ2) is 15.3. The van der Waals surface area contributed by atoms with Crippen LogP contribution in [0, 0.1) is 0 Å². The van der Waals surface area contributed by atoms with Crippen LogP contribution in [-0.2, 0) is 43.3 Å². The van der Waals surface area contributed by atoms with Crippen molar-refractivity contribution in [3.05, 3.63) is 52.1 Å². The molecule has 2 heterocycles. The minimum absolute atomic E-state index is 0. The number of rotatable bonds is 10. The fraction of sp³-hybridized carbons (Fsp3) is 0.238. The van der Waals surface area contributed by atoms with Crippen LogP contribution in [-0.4, -0.2) is 70.9 Å². The Bertz CT molecular complexity index is 1350. The van der Waals surface area contributed by atoms with E-state index in [1.165, 1.54) is 18.3 Å². The number of amides is 1. The standard InChI is InChI=1S/C19H19N7O6.C2H4O2S.Au/c20-19-25-15-14(17(30)26-19)23-11(8-22-15)7-21-10-3-1-9(2-4-10)16(29)24-12(18(31)32)5-6-13(27)28;3-2(4)1-5;/h1-4,8,12,21H,5-7H2,(H,24,29)(H,27,28)(H,31,32)(H3,20,22,25,26,30);5H,1H2,(H,3,4);/t12-;;/m0../s1. The summed E-state index contributed by atoms with van der Waals surface area (Å²) in [5, 5.41) is 30.8. The summed E-state index contributed by atoms with van der Waals surface area (Å²) in [7, 11) is 0. The number of carbonyl (C=O) groups excluding carboxylic acids is 1. The number of benzene rings is 1. The van der Waals surface area contributed by atoms with E-state index in [1.807, 2.05) is 0 Å². The molecule has 0 saturated heterocycles. The number of hydrogen-bond acceptors (Lipinski definition) is 11. The van der Waals surface area contributed by atoms with Crippen LogP contribution in [0.2, 0.25) is 0 Å². The molecule has 1 amide bonds. The Morgan fingerprint density at radius 2 is 1.68 bits per heavy atom. The maximum Gasteiger partial charge on any atom is 0.326 e. The molecule has 0 spiro atoms. The third kappa shape index (κ3) is 10.2. The van der Waals surface area contributed by atoms with Gasteiger partial charge in [-0.25, -0.2) is 14.8 Å². The Hall–Kier alpha value is -3.99. The molecule has 3 rings (SSSR count). The van der Waals surface area contributed by atoms with Gasteiger partial charge in [0.05, 0.1) is 24.2 Å². The number of aromatic nitrogens is 4. The number of nitrogens with two attached hydrogens (primary N) is 1. The zero-order valence-electron chi connectivity index (χ0n) is 19.3. The second-order valence-corrected chi connectivity index (χ2v) is 7.58. The van der Waals surface area contributed by atoms with Crippen molar-refractivity contribution in [2.75, 3.05) is 16.8 Å². The number of anilines is 2. The van der Waals surface area contributed by atoms with E-state index >= 15 is 0 Å². The maximum atomic E-state index is 12.3. The normalized spacial score (nSPS) is 10.8. The predicted molar refractivity (Wildman–Crippen MR) is 133 cm³/mol. The van der Waals surface area contributed by atoms with Gasteiger partial charge < -0.3 is 31.7 Å². The van der Waals surface area contributed by atoms with Crippen molar-refractivity contribution in [2.24, 2.45) is 0 Å². The quantitative estimate of drug-likeness (QED) is 0.101. The molecule has 2 aromatic heterocycles. The number of H-pyrrole nitrogens is 1. The van der Waals surface area contributed by atoms with Crippen molar-refractivity contribution in [2.45, 2.75) is 25.4 Å². The van der Waals surface area contributed by atoms with Gasteiger partial charge in [0.2, 0.25) is 5.95 Å². The molecule has 8 N–H and O–H groups in total. The van der Waals surface area contributed by atoms with Crippen LogP contribution in [0.3, 0.4) is 0 Å². The molecule has 15 nitrogen and oxygen atoms in total. The molecule has 0 saturated carbocycles. The molecule has 38 heavy (non-hydrogen) atoms. The van der Waals surface area contributed by atoms with E-state index < -0.39 is 35.4 Å². The molecule has 0 aliphatic rings. The summed E-state index contributed by atoms with van der Waals surface area (Å²) in [4.78, 5) is 69.8. The van der Waals surface area contributed by atoms with Gasteiger partial charge in [0.25, 0.3) is 11.5 Å². The van der Waals surface area contributed by atoms with Crippen LogP contribution in [0.5, 0.6) is 0 Å². The first-order valence-electron chi connectivity index (χ1n) is 10.4. The summed E-state index contributed by atoms with van der Waals surface area (Å²) in [5.41, 5.74) is 6.47. The zero-order chi connectivity index (χ0) is 27.5. The van der Waals surface area contributed by atoms with Gasteiger partial charge in [-0.15, -0.1) is 0 Å². The van der Waals surface area contributed by atoms with E-state index in [0.717, 1.165) is 0 Å². The van der Waals surface area contributed by atoms with E-state index in [9.17, 15) is 24.0 Å². The number of thiol groups is 1. The van der Waals surface area contributed by atoms with Crippen molar-refractivity contribution in [1.29, 1.82) is 0 Å². The minimum Gasteiger partial charge on any atom is -0.481 e. The molecule has 0 fully saturated rings. The van der Waals surface area contributed by atoms with Gasteiger partial charge in [0.15, 0.2) is 11.2 Å². The molecule has 1 radical (unpaired) electrons. The Kier molecular flexibility index (Phi) is 12.9. The number of carboxylic acid groups (broad SMARTS) is 3. The third-order valence-electron chi connectivity index (χ3n) is 4.49. The second-order valence-electron chi connectivity index (χ2n) is 7.26. The summed E-state index contributed by atoms with van der Waals surface area (Å²) < 4.78 is 0. The average Bonchev–Trinajstić information content (AvgIpc) is 2.85. The van der Waals surface area contributed by atoms with Gasteiger partial charge in [-0.05, 0) is 30.7 Å². The minimum atomic E-state index is -1.31. The van der Waals surface area contributed by atoms with Crippen molar-refractivity contribution < 1.29 is 56.9 Å². The molecule has 0 aliphatic heterocycles. The predicted octanol–water partition coefficient (Wildman–Crippen LogP) is -0.0465. The van der Waals surface area contributed by atoms with Crippen molar-refractivity contribution in [3.8, 4) is 0 Å². The molecular formula is C21H23AuN7O8S. The molecule has 0 bridgehead atoms. The van der Waals surface area contributed by atoms with Gasteiger partial charge in [-0.2, -0.15) is 17.6 Å². The summed E-state index contributed by atoms with van der Waals surface area (Å²) in [6.45, 7) is 0.231. The van der Waals surface area contributed by atoms with Gasteiger partial charge in [0.1, 0.15) is 6.04 Å². The van der Waals surface area contributed by atoms with Crippen LogP contribution in [0.1, 0.15) is 28.9 Å². The number of carboxylic acids is 3. The molecule has 3 aromatic rings. The first kappa shape index (κ1) is 32.0. The SMILES string of the molecule is Nc1nc2ncc(CNc3ccc(C(=O)N[C@@H](CCC(=O)O)C(=O)O)cc3)nc2c(=O)[nH]1.O=C(O)CS.[Au]. The molecule has 0 unspecified atom stereocenters. The van der Waals surface area contributed by atoms with Gasteiger partial charge in [0, 0.05) is 40.1 Å². The number of nitrogens with zero attached hydrogens (tertiary/aromatic N) is 3. The summed E-state index contributed by atoms with van der Waals surface area (Å²) >= 11 is 3.42. The number of carbonyl (C=O) groups is 4. The van der Waals surface area contributed by atoms with Crippen LogP contribution in [0.25, 0.3) is 11.2 Å². The van der Waals surface area contributed by atoms with E-state index in [2.05, 4.69) is 43.2 Å². The molecule has 17 heteroatoms. The van der Waals surface area contributed by atoms with Crippen LogP contribution < -0.4 is 21.9 Å². The molecule has 207 valence electrons. The van der Waals surface area contributed by atoms with Gasteiger partial charge in [-0.1, -0.05) is 0 Å². The number of aliphatic carboxylic acids is 3. The van der Waals surface area contributed by atoms with E-state index in [0.29, 0.717) is 11.4 Å². The monoisotopic (exact) mass is 730 g/mol. The fourth-order valence-electron chi connectivity index (χ4n) is 2.75. The summed E-state index contributed by atoms with van der Waals surface area (Å²) in [5.74, 6) is -4.12. The topological polar surface area (TPSA) is 251 Å². The first-order valence-corrected chi connectivity index (χ1v) is 11.1. The Labute approximate surface area is 235 Å². The number of nitrogen functional groups attached to an aromatic ring is 1. The third-order valence-corrected chi connectivity index (χ3v) is 4.76. The molecule has 1 aromatic carbocycles. The molecule has 0 aliphatic carbocycles. The fourth-order valence-corrected chi connectivity index (χ4v) is 2.75. The Morgan fingerprint density at radius 1 is 1.05 bits per heavy atom. The Balaban J connectivity index is 0.00000110. The van der Waals surface area contributed by atoms with Crippen molar-refractivity contribution in [1.82, 2.24) is 25.3 Å². The van der Waals surface area contributed by atoms with Gasteiger partial charge in [-0.3, -0.25) is 24.2 Å². The van der Waals surface area contributed by atoms with Gasteiger partial charge >= 0.3 is 17.9 Å². The summed E-state index contributed by atoms with van der Waals surface area (Å²) in [6.07, 6.45) is 0.840.